The molecule has 2 amide bonds. The number of alkyl halides is 1. The highest BCUT2D eigenvalue weighted by Gasteiger charge is 2.37. The van der Waals surface area contributed by atoms with Crippen LogP contribution in [0.3, 0.4) is 0 Å². The molecule has 0 bridgehead atoms. The lowest BCUT2D eigenvalue weighted by molar-refractivity contribution is -0.129. The number of hydrogen-bond acceptors (Lipinski definition) is 3. The summed E-state index contributed by atoms with van der Waals surface area (Å²) in [6, 6.07) is 9.98. The maximum atomic E-state index is 12.4. The fraction of sp³-hybridized carbons (Fsp3) is 0.556. The van der Waals surface area contributed by atoms with Crippen molar-refractivity contribution in [2.75, 3.05) is 19.0 Å². The Balaban J connectivity index is 1.56. The van der Waals surface area contributed by atoms with E-state index in [0.717, 1.165) is 31.2 Å². The zero-order valence-corrected chi connectivity index (χ0v) is 14.5. The zero-order chi connectivity index (χ0) is 16.9. The molecule has 1 aliphatic heterocycles. The summed E-state index contributed by atoms with van der Waals surface area (Å²) in [7, 11) is 0. The Morgan fingerprint density at radius 2 is 1.96 bits per heavy atom. The van der Waals surface area contributed by atoms with Gasteiger partial charge in [-0.25, -0.2) is 4.79 Å². The Hall–Kier alpha value is -1.75. The highest BCUT2D eigenvalue weighted by Crippen LogP contribution is 2.29. The van der Waals surface area contributed by atoms with Crippen LogP contribution in [-0.2, 0) is 16.1 Å². The van der Waals surface area contributed by atoms with E-state index in [0.29, 0.717) is 19.1 Å². The first kappa shape index (κ1) is 17.1. The van der Waals surface area contributed by atoms with E-state index < -0.39 is 0 Å². The molecule has 1 atom stereocenters. The fourth-order valence-corrected chi connectivity index (χ4v) is 3.37. The molecule has 130 valence electrons. The lowest BCUT2D eigenvalue weighted by Crippen LogP contribution is -2.46. The summed E-state index contributed by atoms with van der Waals surface area (Å²) in [6.45, 7) is 1.53. The largest absolute Gasteiger partial charge is 0.445 e. The Morgan fingerprint density at radius 3 is 2.62 bits per heavy atom. The van der Waals surface area contributed by atoms with Crippen molar-refractivity contribution in [3.05, 3.63) is 35.9 Å². The summed E-state index contributed by atoms with van der Waals surface area (Å²) in [6.07, 6.45) is 3.62. The van der Waals surface area contributed by atoms with Crippen LogP contribution in [0.4, 0.5) is 4.79 Å². The molecule has 1 aliphatic carbocycles. The van der Waals surface area contributed by atoms with Crippen LogP contribution in [0.1, 0.15) is 31.2 Å². The van der Waals surface area contributed by atoms with Gasteiger partial charge in [-0.05, 0) is 31.2 Å². The number of rotatable bonds is 6. The molecular formula is C18H23ClN2O3. The first-order chi connectivity index (χ1) is 11.7. The maximum absolute atomic E-state index is 12.4. The number of nitrogens with zero attached hydrogens (tertiary/aromatic N) is 2. The van der Waals surface area contributed by atoms with E-state index in [4.69, 9.17) is 16.3 Å². The minimum atomic E-state index is -0.296. The number of hydrogen-bond donors (Lipinski definition) is 0. The molecule has 0 radical (unpaired) electrons. The molecule has 1 saturated carbocycles. The smallest absolute Gasteiger partial charge is 0.410 e. The minimum Gasteiger partial charge on any atom is -0.445 e. The van der Waals surface area contributed by atoms with Crippen LogP contribution in [0.5, 0.6) is 0 Å². The number of ether oxygens (including phenoxy) is 1. The zero-order valence-electron chi connectivity index (χ0n) is 13.7. The van der Waals surface area contributed by atoms with Crippen LogP contribution in [-0.4, -0.2) is 52.9 Å². The van der Waals surface area contributed by atoms with Gasteiger partial charge in [0.05, 0.1) is 6.04 Å². The lowest BCUT2D eigenvalue weighted by atomic mass is 10.2. The Morgan fingerprint density at radius 1 is 1.21 bits per heavy atom. The molecule has 0 N–H and O–H groups in total. The standard InChI is InChI=1S/C18H23ClN2O3/c19-11-17(22)21(15-8-9-15)12-16-7-4-10-20(16)18(23)24-13-14-5-2-1-3-6-14/h1-3,5-6,15-16H,4,7-13H2/t16-/m0/s1. The van der Waals surface area contributed by atoms with Gasteiger partial charge in [0, 0.05) is 19.1 Å². The second-order valence-electron chi connectivity index (χ2n) is 6.44. The highest BCUT2D eigenvalue weighted by molar-refractivity contribution is 6.27. The summed E-state index contributed by atoms with van der Waals surface area (Å²) in [5.41, 5.74) is 0.971. The van der Waals surface area contributed by atoms with Gasteiger partial charge in [-0.2, -0.15) is 0 Å². The second kappa shape index (κ2) is 7.88. The monoisotopic (exact) mass is 350 g/mol. The van der Waals surface area contributed by atoms with Crippen molar-refractivity contribution < 1.29 is 14.3 Å². The van der Waals surface area contributed by atoms with E-state index in [-0.39, 0.29) is 30.5 Å². The molecule has 1 heterocycles. The van der Waals surface area contributed by atoms with E-state index in [1.165, 1.54) is 0 Å². The first-order valence-electron chi connectivity index (χ1n) is 8.52. The van der Waals surface area contributed by atoms with Crippen molar-refractivity contribution >= 4 is 23.6 Å². The molecule has 3 rings (SSSR count). The van der Waals surface area contributed by atoms with Gasteiger partial charge < -0.3 is 14.5 Å². The van der Waals surface area contributed by atoms with Gasteiger partial charge in [0.25, 0.3) is 0 Å². The molecule has 0 spiro atoms. The van der Waals surface area contributed by atoms with Crippen molar-refractivity contribution in [3.8, 4) is 0 Å². The Labute approximate surface area is 147 Å². The van der Waals surface area contributed by atoms with Gasteiger partial charge in [-0.1, -0.05) is 30.3 Å². The minimum absolute atomic E-state index is 0.00166. The molecule has 0 aromatic heterocycles. The van der Waals surface area contributed by atoms with Crippen molar-refractivity contribution in [1.82, 2.24) is 9.80 Å². The molecule has 24 heavy (non-hydrogen) atoms. The number of carbonyl (C=O) groups is 2. The molecule has 2 fully saturated rings. The molecule has 1 aromatic carbocycles. The van der Waals surface area contributed by atoms with Crippen molar-refractivity contribution in [1.29, 1.82) is 0 Å². The SMILES string of the molecule is O=C(CCl)N(C[C@@H]1CCCN1C(=O)OCc1ccccc1)C1CC1. The van der Waals surface area contributed by atoms with Gasteiger partial charge in [0.1, 0.15) is 12.5 Å². The van der Waals surface area contributed by atoms with Crippen LogP contribution in [0.15, 0.2) is 30.3 Å². The van der Waals surface area contributed by atoms with Gasteiger partial charge in [-0.15, -0.1) is 11.6 Å². The molecule has 6 heteroatoms. The Kier molecular flexibility index (Phi) is 5.61. The van der Waals surface area contributed by atoms with Gasteiger partial charge in [-0.3, -0.25) is 4.79 Å². The van der Waals surface area contributed by atoms with Crippen molar-refractivity contribution in [2.45, 2.75) is 44.4 Å². The third-order valence-electron chi connectivity index (χ3n) is 4.65. The number of benzene rings is 1. The van der Waals surface area contributed by atoms with Gasteiger partial charge >= 0.3 is 6.09 Å². The predicted octanol–water partition coefficient (Wildman–Crippen LogP) is 3.02. The normalized spacial score (nSPS) is 20.0. The average Bonchev–Trinajstić information content (AvgIpc) is 3.35. The molecule has 5 nitrogen and oxygen atoms in total. The third kappa shape index (κ3) is 4.20. The van der Waals surface area contributed by atoms with Gasteiger partial charge in [0.2, 0.25) is 5.91 Å². The summed E-state index contributed by atoms with van der Waals surface area (Å²) in [4.78, 5) is 28.0. The third-order valence-corrected chi connectivity index (χ3v) is 4.88. The number of carbonyl (C=O) groups excluding carboxylic acids is 2. The van der Waals surface area contributed by atoms with E-state index in [1.807, 2.05) is 35.2 Å². The molecular weight excluding hydrogens is 328 g/mol. The predicted molar refractivity (Wildman–Crippen MR) is 91.8 cm³/mol. The van der Waals surface area contributed by atoms with Crippen molar-refractivity contribution in [3.63, 3.8) is 0 Å². The van der Waals surface area contributed by atoms with Crippen molar-refractivity contribution in [2.24, 2.45) is 0 Å². The first-order valence-corrected chi connectivity index (χ1v) is 9.05. The summed E-state index contributed by atoms with van der Waals surface area (Å²) in [5, 5.41) is 0. The quantitative estimate of drug-likeness (QED) is 0.741. The molecule has 1 aromatic rings. The average molecular weight is 351 g/mol. The van der Waals surface area contributed by atoms with E-state index >= 15 is 0 Å². The fourth-order valence-electron chi connectivity index (χ4n) is 3.21. The number of halogens is 1. The summed E-state index contributed by atoms with van der Waals surface area (Å²) >= 11 is 5.72. The highest BCUT2D eigenvalue weighted by atomic mass is 35.5. The number of likely N-dealkylation sites (tertiary alicyclic amines) is 1. The molecule has 1 saturated heterocycles. The lowest BCUT2D eigenvalue weighted by Gasteiger charge is -2.30. The number of amides is 2. The van der Waals surface area contributed by atoms with E-state index in [1.54, 1.807) is 4.90 Å². The second-order valence-corrected chi connectivity index (χ2v) is 6.71. The topological polar surface area (TPSA) is 49.9 Å². The van der Waals surface area contributed by atoms with Crippen LogP contribution in [0.2, 0.25) is 0 Å². The maximum Gasteiger partial charge on any atom is 0.410 e. The molecule has 2 aliphatic rings. The van der Waals surface area contributed by atoms with E-state index in [9.17, 15) is 9.59 Å². The molecule has 0 unspecified atom stereocenters. The summed E-state index contributed by atoms with van der Waals surface area (Å²) < 4.78 is 5.44. The Bertz CT molecular complexity index is 577. The summed E-state index contributed by atoms with van der Waals surface area (Å²) in [5.74, 6) is -0.0366. The van der Waals surface area contributed by atoms with Crippen LogP contribution < -0.4 is 0 Å². The van der Waals surface area contributed by atoms with Crippen LogP contribution in [0, 0.1) is 0 Å². The van der Waals surface area contributed by atoms with Gasteiger partial charge in [0.15, 0.2) is 0 Å². The van der Waals surface area contributed by atoms with E-state index in [2.05, 4.69) is 0 Å². The van der Waals surface area contributed by atoms with Crippen LogP contribution in [0.25, 0.3) is 0 Å². The van der Waals surface area contributed by atoms with Crippen LogP contribution >= 0.6 is 11.6 Å².